The lowest BCUT2D eigenvalue weighted by molar-refractivity contribution is 0.0944. The Labute approximate surface area is 115 Å². The molecule has 0 fully saturated rings. The van der Waals surface area contributed by atoms with Crippen LogP contribution in [0.25, 0.3) is 0 Å². The number of hydrogen-bond donors (Lipinski definition) is 1. The minimum atomic E-state index is -0.515. The molecule has 0 radical (unpaired) electrons. The first-order chi connectivity index (χ1) is 8.41. The molecule has 1 amide bonds. The van der Waals surface area contributed by atoms with E-state index in [-0.39, 0.29) is 11.5 Å². The van der Waals surface area contributed by atoms with Gasteiger partial charge in [0.2, 0.25) is 0 Å². The molecular formula is C13H18BrFN2O. The fourth-order valence-electron chi connectivity index (χ4n) is 1.37. The monoisotopic (exact) mass is 316 g/mol. The molecule has 1 aromatic rings. The molecule has 0 aliphatic carbocycles. The van der Waals surface area contributed by atoms with Gasteiger partial charge >= 0.3 is 0 Å². The van der Waals surface area contributed by atoms with Crippen LogP contribution in [0.2, 0.25) is 0 Å². The Balaban J connectivity index is 2.51. The predicted octanol–water partition coefficient (Wildman–Crippen LogP) is 2.66. The van der Waals surface area contributed by atoms with E-state index in [0.29, 0.717) is 17.1 Å². The van der Waals surface area contributed by atoms with Crippen molar-refractivity contribution in [2.24, 2.45) is 0 Å². The van der Waals surface area contributed by atoms with E-state index in [2.05, 4.69) is 40.0 Å². The van der Waals surface area contributed by atoms with Crippen molar-refractivity contribution in [3.63, 3.8) is 0 Å². The first-order valence-electron chi connectivity index (χ1n) is 5.85. The number of benzene rings is 1. The molecule has 0 aliphatic rings. The van der Waals surface area contributed by atoms with Crippen molar-refractivity contribution in [2.45, 2.75) is 19.9 Å². The van der Waals surface area contributed by atoms with Gasteiger partial charge in [-0.3, -0.25) is 4.79 Å². The van der Waals surface area contributed by atoms with E-state index in [1.165, 1.54) is 12.1 Å². The summed E-state index contributed by atoms with van der Waals surface area (Å²) in [7, 11) is 1.98. The summed E-state index contributed by atoms with van der Waals surface area (Å²) in [4.78, 5) is 13.9. The number of rotatable bonds is 5. The standard InChI is InChI=1S/C13H18BrFN2O/c1-9(2)17(3)7-6-16-13(18)11-5-4-10(14)8-12(11)15/h4-5,8-9H,6-7H2,1-3H3,(H,16,18). The van der Waals surface area contributed by atoms with Crippen LogP contribution in [0.1, 0.15) is 24.2 Å². The van der Waals surface area contributed by atoms with Crippen molar-refractivity contribution in [1.29, 1.82) is 0 Å². The molecule has 1 N–H and O–H groups in total. The van der Waals surface area contributed by atoms with Crippen LogP contribution in [0.5, 0.6) is 0 Å². The molecule has 5 heteroatoms. The number of carbonyl (C=O) groups is 1. The van der Waals surface area contributed by atoms with Crippen molar-refractivity contribution in [2.75, 3.05) is 20.1 Å². The molecule has 0 saturated carbocycles. The Morgan fingerprint density at radius 2 is 2.17 bits per heavy atom. The fourth-order valence-corrected chi connectivity index (χ4v) is 1.71. The van der Waals surface area contributed by atoms with Crippen LogP contribution in [0.3, 0.4) is 0 Å². The summed E-state index contributed by atoms with van der Waals surface area (Å²) in [6.07, 6.45) is 0. The number of halogens is 2. The van der Waals surface area contributed by atoms with Crippen molar-refractivity contribution in [1.82, 2.24) is 10.2 Å². The molecule has 100 valence electrons. The lowest BCUT2D eigenvalue weighted by Crippen LogP contribution is -2.36. The van der Waals surface area contributed by atoms with Gasteiger partial charge in [-0.2, -0.15) is 0 Å². The number of nitrogens with one attached hydrogen (secondary N) is 1. The normalized spacial score (nSPS) is 11.1. The number of amides is 1. The molecule has 1 rings (SSSR count). The first-order valence-corrected chi connectivity index (χ1v) is 6.64. The van der Waals surface area contributed by atoms with Crippen LogP contribution >= 0.6 is 15.9 Å². The lowest BCUT2D eigenvalue weighted by Gasteiger charge is -2.20. The largest absolute Gasteiger partial charge is 0.351 e. The predicted molar refractivity (Wildman–Crippen MR) is 74.2 cm³/mol. The maximum atomic E-state index is 13.5. The van der Waals surface area contributed by atoms with Gasteiger partial charge in [0.25, 0.3) is 5.91 Å². The Morgan fingerprint density at radius 1 is 1.50 bits per heavy atom. The Bertz CT molecular complexity index is 423. The molecule has 0 spiro atoms. The summed E-state index contributed by atoms with van der Waals surface area (Å²) < 4.78 is 14.1. The zero-order valence-electron chi connectivity index (χ0n) is 10.8. The molecule has 18 heavy (non-hydrogen) atoms. The lowest BCUT2D eigenvalue weighted by atomic mass is 10.2. The number of hydrogen-bond acceptors (Lipinski definition) is 2. The van der Waals surface area contributed by atoms with E-state index in [4.69, 9.17) is 0 Å². The van der Waals surface area contributed by atoms with Gasteiger partial charge < -0.3 is 10.2 Å². The second-order valence-electron chi connectivity index (χ2n) is 4.45. The highest BCUT2D eigenvalue weighted by Crippen LogP contribution is 2.15. The third-order valence-electron chi connectivity index (χ3n) is 2.81. The van der Waals surface area contributed by atoms with Gasteiger partial charge in [-0.15, -0.1) is 0 Å². The fraction of sp³-hybridized carbons (Fsp3) is 0.462. The average molecular weight is 317 g/mol. The third kappa shape index (κ3) is 4.38. The van der Waals surface area contributed by atoms with Crippen molar-refractivity contribution in [3.8, 4) is 0 Å². The topological polar surface area (TPSA) is 32.3 Å². The third-order valence-corrected chi connectivity index (χ3v) is 3.30. The first kappa shape index (κ1) is 15.1. The molecule has 0 bridgehead atoms. The van der Waals surface area contributed by atoms with Gasteiger partial charge in [0.15, 0.2) is 0 Å². The molecular weight excluding hydrogens is 299 g/mol. The number of carbonyl (C=O) groups excluding carboxylic acids is 1. The molecule has 0 aromatic heterocycles. The number of nitrogens with zero attached hydrogens (tertiary/aromatic N) is 1. The SMILES string of the molecule is CC(C)N(C)CCNC(=O)c1ccc(Br)cc1F. The average Bonchev–Trinajstić information content (AvgIpc) is 2.28. The van der Waals surface area contributed by atoms with Gasteiger partial charge in [-0.25, -0.2) is 4.39 Å². The zero-order chi connectivity index (χ0) is 13.7. The summed E-state index contributed by atoms with van der Waals surface area (Å²) in [5.74, 6) is -0.892. The van der Waals surface area contributed by atoms with Crippen molar-refractivity contribution in [3.05, 3.63) is 34.1 Å². The van der Waals surface area contributed by atoms with Crippen molar-refractivity contribution < 1.29 is 9.18 Å². The maximum Gasteiger partial charge on any atom is 0.254 e. The second-order valence-corrected chi connectivity index (χ2v) is 5.37. The van der Waals surface area contributed by atoms with Crippen LogP contribution in [0.4, 0.5) is 4.39 Å². The van der Waals surface area contributed by atoms with Gasteiger partial charge in [0.1, 0.15) is 5.82 Å². The van der Waals surface area contributed by atoms with E-state index in [1.54, 1.807) is 6.07 Å². The van der Waals surface area contributed by atoms with E-state index >= 15 is 0 Å². The van der Waals surface area contributed by atoms with E-state index in [1.807, 2.05) is 7.05 Å². The van der Waals surface area contributed by atoms with E-state index < -0.39 is 5.82 Å². The van der Waals surface area contributed by atoms with E-state index in [9.17, 15) is 9.18 Å². The smallest absolute Gasteiger partial charge is 0.254 e. The Hall–Kier alpha value is -0.940. The van der Waals surface area contributed by atoms with Crippen LogP contribution < -0.4 is 5.32 Å². The summed E-state index contributed by atoms with van der Waals surface area (Å²) >= 11 is 3.15. The zero-order valence-corrected chi connectivity index (χ0v) is 12.4. The second kappa shape index (κ2) is 6.85. The minimum absolute atomic E-state index is 0.0744. The quantitative estimate of drug-likeness (QED) is 0.905. The molecule has 1 aromatic carbocycles. The van der Waals surface area contributed by atoms with Crippen LogP contribution in [0, 0.1) is 5.82 Å². The summed E-state index contributed by atoms with van der Waals surface area (Å²) in [6, 6.07) is 4.83. The maximum absolute atomic E-state index is 13.5. The Kier molecular flexibility index (Phi) is 5.75. The Morgan fingerprint density at radius 3 is 2.72 bits per heavy atom. The van der Waals surface area contributed by atoms with Crippen molar-refractivity contribution >= 4 is 21.8 Å². The molecule has 0 unspecified atom stereocenters. The summed E-state index contributed by atoms with van der Waals surface area (Å²) in [5, 5.41) is 2.71. The minimum Gasteiger partial charge on any atom is -0.351 e. The van der Waals surface area contributed by atoms with Gasteiger partial charge in [0, 0.05) is 23.6 Å². The number of likely N-dealkylation sites (N-methyl/N-ethyl adjacent to an activating group) is 1. The summed E-state index contributed by atoms with van der Waals surface area (Å²) in [6.45, 7) is 5.40. The molecule has 0 heterocycles. The molecule has 0 atom stereocenters. The van der Waals surface area contributed by atoms with E-state index in [0.717, 1.165) is 6.54 Å². The highest BCUT2D eigenvalue weighted by atomic mass is 79.9. The molecule has 0 aliphatic heterocycles. The van der Waals surface area contributed by atoms with Crippen LogP contribution in [0.15, 0.2) is 22.7 Å². The van der Waals surface area contributed by atoms with Crippen LogP contribution in [-0.2, 0) is 0 Å². The highest BCUT2D eigenvalue weighted by molar-refractivity contribution is 9.10. The van der Waals surface area contributed by atoms with Gasteiger partial charge in [-0.1, -0.05) is 15.9 Å². The van der Waals surface area contributed by atoms with Gasteiger partial charge in [-0.05, 0) is 39.1 Å². The van der Waals surface area contributed by atoms with Crippen LogP contribution in [-0.4, -0.2) is 37.0 Å². The van der Waals surface area contributed by atoms with Gasteiger partial charge in [0.05, 0.1) is 5.56 Å². The molecule has 0 saturated heterocycles. The molecule has 3 nitrogen and oxygen atoms in total. The highest BCUT2D eigenvalue weighted by Gasteiger charge is 2.11. The summed E-state index contributed by atoms with van der Waals surface area (Å²) in [5.41, 5.74) is 0.0744.